The van der Waals surface area contributed by atoms with E-state index in [0.29, 0.717) is 12.4 Å². The zero-order valence-corrected chi connectivity index (χ0v) is 9.21. The molecule has 0 spiro atoms. The molecule has 0 aromatic rings. The molecule has 0 aromatic carbocycles. The zero-order chi connectivity index (χ0) is 10.7. The second-order valence-electron chi connectivity index (χ2n) is 4.13. The lowest BCUT2D eigenvalue weighted by atomic mass is 10.2. The Balaban J connectivity index is 2.63. The number of nitrogens with one attached hydrogen (secondary N) is 1. The maximum atomic E-state index is 11.5. The van der Waals surface area contributed by atoms with Gasteiger partial charge in [-0.1, -0.05) is 13.8 Å². The summed E-state index contributed by atoms with van der Waals surface area (Å²) in [5, 5.41) is 7.85. The molecule has 0 radical (unpaired) electrons. The third-order valence-corrected chi connectivity index (χ3v) is 2.56. The van der Waals surface area contributed by atoms with Gasteiger partial charge in [-0.2, -0.15) is 0 Å². The van der Waals surface area contributed by atoms with E-state index in [0.717, 1.165) is 19.5 Å². The van der Waals surface area contributed by atoms with Gasteiger partial charge < -0.3 is 9.80 Å². The average Bonchev–Trinajstić information content (AvgIpc) is 2.28. The Hall–Kier alpha value is -1.06. The minimum Gasteiger partial charge on any atom is -0.351 e. The second kappa shape index (κ2) is 4.44. The third kappa shape index (κ3) is 2.47. The average molecular weight is 197 g/mol. The fourth-order valence-corrected chi connectivity index (χ4v) is 1.56. The molecule has 0 unspecified atom stereocenters. The van der Waals surface area contributed by atoms with Crippen LogP contribution in [0.15, 0.2) is 0 Å². The fraction of sp³-hybridized carbons (Fsp3) is 0.800. The van der Waals surface area contributed by atoms with Crippen LogP contribution < -0.4 is 0 Å². The lowest BCUT2D eigenvalue weighted by Gasteiger charge is -2.24. The molecule has 4 nitrogen and oxygen atoms in total. The Morgan fingerprint density at radius 3 is 2.64 bits per heavy atom. The van der Waals surface area contributed by atoms with Crippen LogP contribution in [0.3, 0.4) is 0 Å². The summed E-state index contributed by atoms with van der Waals surface area (Å²) >= 11 is 0. The quantitative estimate of drug-likeness (QED) is 0.499. The molecule has 0 aromatic heterocycles. The lowest BCUT2D eigenvalue weighted by molar-refractivity contribution is -0.129. The molecule has 1 saturated heterocycles. The van der Waals surface area contributed by atoms with E-state index in [2.05, 4.69) is 0 Å². The van der Waals surface area contributed by atoms with Crippen LogP contribution in [0.1, 0.15) is 20.3 Å². The van der Waals surface area contributed by atoms with Crippen molar-refractivity contribution in [2.75, 3.05) is 26.7 Å². The van der Waals surface area contributed by atoms with Crippen LogP contribution in [0.4, 0.5) is 0 Å². The monoisotopic (exact) mass is 197 g/mol. The van der Waals surface area contributed by atoms with Crippen molar-refractivity contribution in [2.45, 2.75) is 20.3 Å². The summed E-state index contributed by atoms with van der Waals surface area (Å²) in [5.74, 6) is 0.896. The van der Waals surface area contributed by atoms with E-state index in [1.165, 1.54) is 0 Å². The highest BCUT2D eigenvalue weighted by Gasteiger charge is 2.21. The van der Waals surface area contributed by atoms with Crippen LogP contribution in [0.5, 0.6) is 0 Å². The summed E-state index contributed by atoms with van der Waals surface area (Å²) in [6, 6.07) is 0. The molecule has 4 heteroatoms. The van der Waals surface area contributed by atoms with Gasteiger partial charge in [-0.05, 0) is 6.42 Å². The Morgan fingerprint density at radius 2 is 2.07 bits per heavy atom. The van der Waals surface area contributed by atoms with Crippen LogP contribution >= 0.6 is 0 Å². The van der Waals surface area contributed by atoms with Gasteiger partial charge in [0.15, 0.2) is 0 Å². The van der Waals surface area contributed by atoms with Crippen molar-refractivity contribution >= 4 is 11.7 Å². The van der Waals surface area contributed by atoms with Crippen LogP contribution in [-0.2, 0) is 4.79 Å². The molecule has 1 fully saturated rings. The van der Waals surface area contributed by atoms with Gasteiger partial charge in [0.25, 0.3) is 0 Å². The molecule has 0 aliphatic carbocycles. The molecule has 0 saturated carbocycles. The minimum absolute atomic E-state index is 0.118. The highest BCUT2D eigenvalue weighted by molar-refractivity contribution is 5.87. The molecule has 80 valence electrons. The first-order valence-corrected chi connectivity index (χ1v) is 5.09. The number of hydrogen-bond donors (Lipinski definition) is 1. The number of amides is 1. The van der Waals surface area contributed by atoms with E-state index in [1.54, 1.807) is 4.90 Å². The van der Waals surface area contributed by atoms with Crippen LogP contribution in [0.2, 0.25) is 0 Å². The van der Waals surface area contributed by atoms with Gasteiger partial charge in [0.05, 0.1) is 12.4 Å². The zero-order valence-electron chi connectivity index (χ0n) is 9.21. The molecule has 1 amide bonds. The number of hydrogen-bond acceptors (Lipinski definition) is 2. The summed E-state index contributed by atoms with van der Waals surface area (Å²) in [4.78, 5) is 15.2. The number of amidine groups is 1. The molecular formula is C10H19N3O. The Bertz CT molecular complexity index is 238. The first-order chi connectivity index (χ1) is 6.52. The van der Waals surface area contributed by atoms with E-state index in [9.17, 15) is 4.79 Å². The Labute approximate surface area is 85.4 Å². The SMILES string of the molecule is CC(C)C(=N)N1CCCN(C)C(=O)C1. The number of nitrogens with zero attached hydrogens (tertiary/aromatic N) is 2. The van der Waals surface area contributed by atoms with Gasteiger partial charge in [-0.15, -0.1) is 0 Å². The molecule has 1 aliphatic rings. The fourth-order valence-electron chi connectivity index (χ4n) is 1.56. The topological polar surface area (TPSA) is 47.4 Å². The van der Waals surface area contributed by atoms with Gasteiger partial charge in [0.1, 0.15) is 0 Å². The van der Waals surface area contributed by atoms with Gasteiger partial charge in [-0.3, -0.25) is 10.2 Å². The molecule has 0 bridgehead atoms. The maximum absolute atomic E-state index is 11.5. The number of rotatable bonds is 1. The van der Waals surface area contributed by atoms with E-state index in [1.807, 2.05) is 25.8 Å². The predicted molar refractivity (Wildman–Crippen MR) is 56.4 cm³/mol. The van der Waals surface area contributed by atoms with Crippen molar-refractivity contribution in [2.24, 2.45) is 5.92 Å². The molecule has 14 heavy (non-hydrogen) atoms. The largest absolute Gasteiger partial charge is 0.351 e. The summed E-state index contributed by atoms with van der Waals surface area (Å²) in [7, 11) is 1.82. The predicted octanol–water partition coefficient (Wildman–Crippen LogP) is 0.784. The van der Waals surface area contributed by atoms with Crippen molar-refractivity contribution < 1.29 is 4.79 Å². The van der Waals surface area contributed by atoms with Crippen molar-refractivity contribution in [3.8, 4) is 0 Å². The number of carbonyl (C=O) groups excluding carboxylic acids is 1. The second-order valence-corrected chi connectivity index (χ2v) is 4.13. The molecule has 1 N–H and O–H groups in total. The van der Waals surface area contributed by atoms with Crippen LogP contribution in [0, 0.1) is 11.3 Å². The Morgan fingerprint density at radius 1 is 1.43 bits per heavy atom. The van der Waals surface area contributed by atoms with Gasteiger partial charge in [0.2, 0.25) is 5.91 Å². The van der Waals surface area contributed by atoms with Crippen LogP contribution in [-0.4, -0.2) is 48.2 Å². The smallest absolute Gasteiger partial charge is 0.241 e. The van der Waals surface area contributed by atoms with Crippen molar-refractivity contribution in [3.05, 3.63) is 0 Å². The summed E-state index contributed by atoms with van der Waals surface area (Å²) in [6.07, 6.45) is 0.956. The molecule has 0 atom stereocenters. The molecule has 1 rings (SSSR count). The normalized spacial score (nSPS) is 18.7. The summed E-state index contributed by atoms with van der Waals surface area (Å²) in [6.45, 7) is 5.98. The number of likely N-dealkylation sites (N-methyl/N-ethyl adjacent to an activating group) is 1. The van der Waals surface area contributed by atoms with E-state index in [4.69, 9.17) is 5.41 Å². The van der Waals surface area contributed by atoms with E-state index < -0.39 is 0 Å². The minimum atomic E-state index is 0.118. The van der Waals surface area contributed by atoms with E-state index in [-0.39, 0.29) is 11.8 Å². The standard InChI is InChI=1S/C10H19N3O/c1-8(2)10(11)13-6-4-5-12(3)9(14)7-13/h8,11H,4-7H2,1-3H3. The molecule has 1 aliphatic heterocycles. The van der Waals surface area contributed by atoms with Gasteiger partial charge >= 0.3 is 0 Å². The Kier molecular flexibility index (Phi) is 3.49. The van der Waals surface area contributed by atoms with Gasteiger partial charge in [0, 0.05) is 26.1 Å². The molecule has 1 heterocycles. The van der Waals surface area contributed by atoms with Gasteiger partial charge in [-0.25, -0.2) is 0 Å². The third-order valence-electron chi connectivity index (χ3n) is 2.56. The van der Waals surface area contributed by atoms with Crippen molar-refractivity contribution in [3.63, 3.8) is 0 Å². The lowest BCUT2D eigenvalue weighted by Crippen LogP contribution is -2.39. The summed E-state index contributed by atoms with van der Waals surface area (Å²) in [5.41, 5.74) is 0. The number of carbonyl (C=O) groups is 1. The molecular weight excluding hydrogens is 178 g/mol. The first kappa shape index (κ1) is 11.0. The highest BCUT2D eigenvalue weighted by Crippen LogP contribution is 2.07. The van der Waals surface area contributed by atoms with Crippen molar-refractivity contribution in [1.82, 2.24) is 9.80 Å². The summed E-state index contributed by atoms with van der Waals surface area (Å²) < 4.78 is 0. The van der Waals surface area contributed by atoms with Crippen molar-refractivity contribution in [1.29, 1.82) is 5.41 Å². The maximum Gasteiger partial charge on any atom is 0.241 e. The van der Waals surface area contributed by atoms with Crippen LogP contribution in [0.25, 0.3) is 0 Å². The van der Waals surface area contributed by atoms with E-state index >= 15 is 0 Å². The first-order valence-electron chi connectivity index (χ1n) is 5.09. The highest BCUT2D eigenvalue weighted by atomic mass is 16.2.